The summed E-state index contributed by atoms with van der Waals surface area (Å²) < 4.78 is 5.72. The van der Waals surface area contributed by atoms with Crippen LogP contribution in [0.3, 0.4) is 0 Å². The van der Waals surface area contributed by atoms with Crippen molar-refractivity contribution in [2.24, 2.45) is 5.92 Å². The Hall–Kier alpha value is -0.560. The van der Waals surface area contributed by atoms with E-state index in [-0.39, 0.29) is 0 Å². The van der Waals surface area contributed by atoms with Gasteiger partial charge in [0.05, 0.1) is 19.3 Å². The summed E-state index contributed by atoms with van der Waals surface area (Å²) in [6.45, 7) is 16.1. The first-order valence-corrected chi connectivity index (χ1v) is 7.16. The fourth-order valence-corrected chi connectivity index (χ4v) is 1.77. The van der Waals surface area contributed by atoms with Crippen molar-refractivity contribution in [2.45, 2.75) is 40.7 Å². The van der Waals surface area contributed by atoms with E-state index < -0.39 is 0 Å². The van der Waals surface area contributed by atoms with Crippen LogP contribution >= 0.6 is 0 Å². The Balaban J connectivity index is 0.00000137. The molecule has 0 aromatic rings. The van der Waals surface area contributed by atoms with E-state index in [9.17, 15) is 0 Å². The molecule has 0 aromatic heterocycles. The van der Waals surface area contributed by atoms with Gasteiger partial charge in [0.15, 0.2) is 0 Å². The first kappa shape index (κ1) is 17.4. The average molecular weight is 254 g/mol. The summed E-state index contributed by atoms with van der Waals surface area (Å²) in [5.41, 5.74) is 0. The third-order valence-corrected chi connectivity index (χ3v) is 2.63. The molecule has 106 valence electrons. The van der Waals surface area contributed by atoms with E-state index in [1.807, 2.05) is 20.8 Å². The summed E-state index contributed by atoms with van der Waals surface area (Å²) in [6.07, 6.45) is 0.325. The van der Waals surface area contributed by atoms with E-state index in [1.54, 1.807) is 0 Å². The van der Waals surface area contributed by atoms with E-state index in [4.69, 9.17) is 4.74 Å². The van der Waals surface area contributed by atoms with Crippen molar-refractivity contribution in [3.05, 3.63) is 0 Å². The molecule has 1 rings (SSSR count). The van der Waals surface area contributed by atoms with Crippen LogP contribution in [0, 0.1) is 17.8 Å². The lowest BCUT2D eigenvalue weighted by Crippen LogP contribution is -2.47. The Bertz CT molecular complexity index is 243. The SMILES string of the molecule is CC.CC#CCN1CCOC(CNCC(C)C)C1. The van der Waals surface area contributed by atoms with Crippen molar-refractivity contribution in [1.29, 1.82) is 0 Å². The molecule has 18 heavy (non-hydrogen) atoms. The molecule has 1 unspecified atom stereocenters. The molecule has 1 aliphatic rings. The molecule has 0 aromatic carbocycles. The molecule has 1 fully saturated rings. The lowest BCUT2D eigenvalue weighted by molar-refractivity contribution is -0.0226. The van der Waals surface area contributed by atoms with Gasteiger partial charge >= 0.3 is 0 Å². The van der Waals surface area contributed by atoms with Gasteiger partial charge in [-0.2, -0.15) is 0 Å². The molecule has 0 amide bonds. The van der Waals surface area contributed by atoms with Crippen LogP contribution in [-0.2, 0) is 4.74 Å². The standard InChI is InChI=1S/C13H24N2O.C2H6/c1-4-5-6-15-7-8-16-13(11-15)10-14-9-12(2)3;1-2/h12-14H,6-11H2,1-3H3;1-2H3. The van der Waals surface area contributed by atoms with Crippen molar-refractivity contribution in [3.63, 3.8) is 0 Å². The van der Waals surface area contributed by atoms with Gasteiger partial charge in [-0.15, -0.1) is 5.92 Å². The first-order valence-electron chi connectivity index (χ1n) is 7.16. The summed E-state index contributed by atoms with van der Waals surface area (Å²) >= 11 is 0. The van der Waals surface area contributed by atoms with Gasteiger partial charge in [-0.3, -0.25) is 4.90 Å². The van der Waals surface area contributed by atoms with Gasteiger partial charge < -0.3 is 10.1 Å². The summed E-state index contributed by atoms with van der Waals surface area (Å²) in [4.78, 5) is 2.36. The van der Waals surface area contributed by atoms with Gasteiger partial charge in [-0.25, -0.2) is 0 Å². The predicted octanol–water partition coefficient (Wildman–Crippen LogP) is 1.98. The summed E-state index contributed by atoms with van der Waals surface area (Å²) in [6, 6.07) is 0. The number of ether oxygens (including phenoxy) is 1. The summed E-state index contributed by atoms with van der Waals surface area (Å²) in [5.74, 6) is 6.75. The second-order valence-electron chi connectivity index (χ2n) is 4.71. The molecule has 0 aliphatic carbocycles. The predicted molar refractivity (Wildman–Crippen MR) is 78.7 cm³/mol. The van der Waals surface area contributed by atoms with Crippen molar-refractivity contribution >= 4 is 0 Å². The van der Waals surface area contributed by atoms with E-state index in [0.29, 0.717) is 12.0 Å². The first-order chi connectivity index (χ1) is 8.72. The Morgan fingerprint density at radius 3 is 2.72 bits per heavy atom. The van der Waals surface area contributed by atoms with Gasteiger partial charge in [0.2, 0.25) is 0 Å². The molecule has 3 nitrogen and oxygen atoms in total. The highest BCUT2D eigenvalue weighted by Gasteiger charge is 2.19. The fraction of sp³-hybridized carbons (Fsp3) is 0.867. The number of morpholine rings is 1. The normalized spacial score (nSPS) is 19.8. The number of nitrogens with one attached hydrogen (secondary N) is 1. The van der Waals surface area contributed by atoms with Crippen LogP contribution in [0.15, 0.2) is 0 Å². The monoisotopic (exact) mass is 254 g/mol. The van der Waals surface area contributed by atoms with Crippen molar-refractivity contribution in [2.75, 3.05) is 39.3 Å². The zero-order chi connectivity index (χ0) is 13.8. The molecule has 1 aliphatic heterocycles. The topological polar surface area (TPSA) is 24.5 Å². The van der Waals surface area contributed by atoms with Gasteiger partial charge in [-0.1, -0.05) is 33.6 Å². The molecular weight excluding hydrogens is 224 g/mol. The maximum Gasteiger partial charge on any atom is 0.0827 e. The molecule has 1 saturated heterocycles. The molecule has 1 N–H and O–H groups in total. The van der Waals surface area contributed by atoms with E-state index in [2.05, 4.69) is 35.9 Å². The molecule has 1 atom stereocenters. The minimum absolute atomic E-state index is 0.325. The number of hydrogen-bond donors (Lipinski definition) is 1. The maximum atomic E-state index is 5.72. The highest BCUT2D eigenvalue weighted by atomic mass is 16.5. The lowest BCUT2D eigenvalue weighted by atomic mass is 10.2. The van der Waals surface area contributed by atoms with Crippen LogP contribution < -0.4 is 5.32 Å². The van der Waals surface area contributed by atoms with E-state index >= 15 is 0 Å². The number of rotatable bonds is 5. The largest absolute Gasteiger partial charge is 0.374 e. The summed E-state index contributed by atoms with van der Waals surface area (Å²) in [7, 11) is 0. The molecule has 0 spiro atoms. The number of nitrogens with zero attached hydrogens (tertiary/aromatic N) is 1. The van der Waals surface area contributed by atoms with Gasteiger partial charge in [0, 0.05) is 19.6 Å². The number of hydrogen-bond acceptors (Lipinski definition) is 3. The lowest BCUT2D eigenvalue weighted by Gasteiger charge is -2.31. The van der Waals surface area contributed by atoms with Gasteiger partial charge in [-0.05, 0) is 19.4 Å². The molecule has 0 saturated carbocycles. The van der Waals surface area contributed by atoms with Crippen LogP contribution in [0.1, 0.15) is 34.6 Å². The van der Waals surface area contributed by atoms with Crippen molar-refractivity contribution in [3.8, 4) is 11.8 Å². The van der Waals surface area contributed by atoms with Crippen LogP contribution in [0.5, 0.6) is 0 Å². The zero-order valence-corrected chi connectivity index (χ0v) is 12.8. The van der Waals surface area contributed by atoms with Crippen molar-refractivity contribution < 1.29 is 4.74 Å². The smallest absolute Gasteiger partial charge is 0.0827 e. The Morgan fingerprint density at radius 2 is 2.11 bits per heavy atom. The third kappa shape index (κ3) is 8.52. The Kier molecular flexibility index (Phi) is 11.2. The van der Waals surface area contributed by atoms with E-state index in [1.165, 1.54) is 0 Å². The summed E-state index contributed by atoms with van der Waals surface area (Å²) in [5, 5.41) is 3.44. The van der Waals surface area contributed by atoms with E-state index in [0.717, 1.165) is 39.3 Å². The zero-order valence-electron chi connectivity index (χ0n) is 12.8. The molecular formula is C15H30N2O. The maximum absolute atomic E-state index is 5.72. The van der Waals surface area contributed by atoms with Crippen LogP contribution in [0.4, 0.5) is 0 Å². The van der Waals surface area contributed by atoms with Crippen LogP contribution in [-0.4, -0.2) is 50.3 Å². The molecule has 3 heteroatoms. The highest BCUT2D eigenvalue weighted by molar-refractivity contribution is 4.98. The molecule has 0 bridgehead atoms. The Labute approximate surface area is 113 Å². The van der Waals surface area contributed by atoms with Gasteiger partial charge in [0.25, 0.3) is 0 Å². The minimum Gasteiger partial charge on any atom is -0.374 e. The third-order valence-electron chi connectivity index (χ3n) is 2.63. The molecule has 1 heterocycles. The fourth-order valence-electron chi connectivity index (χ4n) is 1.77. The van der Waals surface area contributed by atoms with Crippen molar-refractivity contribution in [1.82, 2.24) is 10.2 Å². The van der Waals surface area contributed by atoms with Crippen LogP contribution in [0.2, 0.25) is 0 Å². The minimum atomic E-state index is 0.325. The van der Waals surface area contributed by atoms with Crippen LogP contribution in [0.25, 0.3) is 0 Å². The average Bonchev–Trinajstić information content (AvgIpc) is 2.39. The van der Waals surface area contributed by atoms with Gasteiger partial charge in [0.1, 0.15) is 0 Å². The quantitative estimate of drug-likeness (QED) is 0.759. The second kappa shape index (κ2) is 11.5. The highest BCUT2D eigenvalue weighted by Crippen LogP contribution is 2.03. The molecule has 0 radical (unpaired) electrons. The second-order valence-corrected chi connectivity index (χ2v) is 4.71. The Morgan fingerprint density at radius 1 is 1.39 bits per heavy atom.